The minimum absolute atomic E-state index is 0.0810. The number of carbonyl (C=O) groups is 1. The van der Waals surface area contributed by atoms with E-state index in [0.29, 0.717) is 0 Å². The first-order chi connectivity index (χ1) is 6.95. The highest BCUT2D eigenvalue weighted by Crippen LogP contribution is 2.29. The second-order valence-corrected chi connectivity index (χ2v) is 5.33. The summed E-state index contributed by atoms with van der Waals surface area (Å²) in [5, 5.41) is 8.95. The zero-order valence-corrected chi connectivity index (χ0v) is 12.6. The predicted molar refractivity (Wildman–Crippen MR) is 72.7 cm³/mol. The van der Waals surface area contributed by atoms with E-state index in [0.717, 1.165) is 13.0 Å². The van der Waals surface area contributed by atoms with Gasteiger partial charge in [0.05, 0.1) is 5.92 Å². The first kappa shape index (κ1) is 13.1. The quantitative estimate of drug-likeness (QED) is 0.590. The van der Waals surface area contributed by atoms with Crippen LogP contribution in [-0.2, 0) is 4.79 Å². The lowest BCUT2D eigenvalue weighted by Gasteiger charge is -2.17. The van der Waals surface area contributed by atoms with E-state index in [1.165, 1.54) is 6.33 Å². The number of hydrogen-bond donors (Lipinski definition) is 1. The van der Waals surface area contributed by atoms with Crippen molar-refractivity contribution in [2.45, 2.75) is 19.8 Å². The molecule has 0 radical (unpaired) electrons. The van der Waals surface area contributed by atoms with Crippen LogP contribution in [0.1, 0.15) is 25.3 Å². The molecule has 4 nitrogen and oxygen atoms in total. The molecule has 0 saturated heterocycles. The number of rotatable bonds is 3. The maximum absolute atomic E-state index is 10.9. The van der Waals surface area contributed by atoms with Crippen LogP contribution in [0.5, 0.6) is 0 Å². The molecular weight excluding hydrogens is 422 g/mol. The molecule has 1 aromatic rings. The van der Waals surface area contributed by atoms with Gasteiger partial charge in [-0.2, -0.15) is 0 Å². The molecule has 6 heteroatoms. The normalized spacial score (nSPS) is 14.7. The van der Waals surface area contributed by atoms with Crippen molar-refractivity contribution < 1.29 is 9.90 Å². The van der Waals surface area contributed by atoms with Gasteiger partial charge in [-0.25, -0.2) is 9.97 Å². The van der Waals surface area contributed by atoms with E-state index in [-0.39, 0.29) is 5.92 Å². The molecule has 0 aromatic carbocycles. The standard InChI is InChI=1S/C9H10I2N2O2/c1-4(5(2)9(14)15)6-7(10)12-3-13-8(6)11/h3-5H,1-2H3,(H,14,15). The van der Waals surface area contributed by atoms with Crippen LogP contribution in [0.4, 0.5) is 0 Å². The molecule has 0 bridgehead atoms. The second kappa shape index (κ2) is 5.37. The smallest absolute Gasteiger partial charge is 0.306 e. The molecule has 0 spiro atoms. The summed E-state index contributed by atoms with van der Waals surface area (Å²) in [5.74, 6) is -1.31. The van der Waals surface area contributed by atoms with Gasteiger partial charge in [-0.15, -0.1) is 0 Å². The van der Waals surface area contributed by atoms with Crippen molar-refractivity contribution in [2.75, 3.05) is 0 Å². The van der Waals surface area contributed by atoms with Crippen molar-refractivity contribution in [3.63, 3.8) is 0 Å². The summed E-state index contributed by atoms with van der Waals surface area (Å²) in [5.41, 5.74) is 0.925. The van der Waals surface area contributed by atoms with Crippen molar-refractivity contribution in [2.24, 2.45) is 5.92 Å². The third kappa shape index (κ3) is 2.99. The molecular formula is C9H10I2N2O2. The van der Waals surface area contributed by atoms with Crippen molar-refractivity contribution in [3.8, 4) is 0 Å². The molecule has 0 aliphatic heterocycles. The first-order valence-corrected chi connectivity index (χ1v) is 6.49. The van der Waals surface area contributed by atoms with Gasteiger partial charge in [0, 0.05) is 5.56 Å². The topological polar surface area (TPSA) is 63.1 Å². The van der Waals surface area contributed by atoms with Gasteiger partial charge in [0.1, 0.15) is 13.7 Å². The number of nitrogens with zero attached hydrogens (tertiary/aromatic N) is 2. The highest BCUT2D eigenvalue weighted by atomic mass is 127. The van der Waals surface area contributed by atoms with Gasteiger partial charge in [0.15, 0.2) is 0 Å². The molecule has 0 amide bonds. The van der Waals surface area contributed by atoms with E-state index < -0.39 is 11.9 Å². The predicted octanol–water partition coefficient (Wildman–Crippen LogP) is 2.51. The number of hydrogen-bond acceptors (Lipinski definition) is 3. The average molecular weight is 432 g/mol. The van der Waals surface area contributed by atoms with Crippen LogP contribution in [-0.4, -0.2) is 21.0 Å². The zero-order valence-electron chi connectivity index (χ0n) is 8.24. The summed E-state index contributed by atoms with van der Waals surface area (Å²) in [7, 11) is 0. The molecule has 1 aromatic heterocycles. The van der Waals surface area contributed by atoms with E-state index in [1.54, 1.807) is 6.92 Å². The summed E-state index contributed by atoms with van der Waals surface area (Å²) >= 11 is 4.22. The Hall–Kier alpha value is 0.01000. The van der Waals surface area contributed by atoms with Gasteiger partial charge in [-0.1, -0.05) is 13.8 Å². The summed E-state index contributed by atoms with van der Waals surface area (Å²) in [4.78, 5) is 19.1. The maximum Gasteiger partial charge on any atom is 0.306 e. The van der Waals surface area contributed by atoms with Crippen molar-refractivity contribution in [1.82, 2.24) is 9.97 Å². The van der Waals surface area contributed by atoms with E-state index in [4.69, 9.17) is 5.11 Å². The Kier molecular flexibility index (Phi) is 4.68. The zero-order chi connectivity index (χ0) is 11.6. The fourth-order valence-corrected chi connectivity index (χ4v) is 3.45. The Balaban J connectivity index is 3.10. The van der Waals surface area contributed by atoms with Gasteiger partial charge in [-0.3, -0.25) is 4.79 Å². The molecule has 2 atom stereocenters. The van der Waals surface area contributed by atoms with E-state index in [1.807, 2.05) is 6.92 Å². The van der Waals surface area contributed by atoms with E-state index in [2.05, 4.69) is 55.1 Å². The van der Waals surface area contributed by atoms with Crippen LogP contribution in [0, 0.1) is 13.3 Å². The lowest BCUT2D eigenvalue weighted by atomic mass is 9.91. The van der Waals surface area contributed by atoms with E-state index in [9.17, 15) is 4.79 Å². The summed E-state index contributed by atoms with van der Waals surface area (Å²) < 4.78 is 1.65. The summed E-state index contributed by atoms with van der Waals surface area (Å²) in [6.45, 7) is 3.59. The van der Waals surface area contributed by atoms with Gasteiger partial charge in [-0.05, 0) is 51.1 Å². The molecule has 15 heavy (non-hydrogen) atoms. The lowest BCUT2D eigenvalue weighted by molar-refractivity contribution is -0.141. The minimum atomic E-state index is -0.794. The minimum Gasteiger partial charge on any atom is -0.481 e. The number of aromatic nitrogens is 2. The molecule has 0 aliphatic carbocycles. The molecule has 0 saturated carbocycles. The van der Waals surface area contributed by atoms with Crippen LogP contribution in [0.2, 0.25) is 0 Å². The molecule has 0 aliphatic rings. The fraction of sp³-hybridized carbons (Fsp3) is 0.444. The summed E-state index contributed by atoms with van der Waals surface area (Å²) in [6, 6.07) is 0. The second-order valence-electron chi connectivity index (χ2n) is 3.28. The highest BCUT2D eigenvalue weighted by Gasteiger charge is 2.25. The Morgan fingerprint density at radius 2 is 1.80 bits per heavy atom. The third-order valence-corrected chi connectivity index (χ3v) is 4.10. The number of halogens is 2. The fourth-order valence-electron chi connectivity index (χ4n) is 1.19. The van der Waals surface area contributed by atoms with Crippen LogP contribution in [0.3, 0.4) is 0 Å². The van der Waals surface area contributed by atoms with Gasteiger partial charge < -0.3 is 5.11 Å². The van der Waals surface area contributed by atoms with Crippen molar-refractivity contribution in [1.29, 1.82) is 0 Å². The lowest BCUT2D eigenvalue weighted by Crippen LogP contribution is -2.19. The average Bonchev–Trinajstić information content (AvgIpc) is 2.15. The van der Waals surface area contributed by atoms with Gasteiger partial charge >= 0.3 is 5.97 Å². The Labute approximate surface area is 115 Å². The molecule has 1 heterocycles. The first-order valence-electron chi connectivity index (χ1n) is 4.33. The summed E-state index contributed by atoms with van der Waals surface area (Å²) in [6.07, 6.45) is 1.49. The Morgan fingerprint density at radius 3 is 2.20 bits per heavy atom. The van der Waals surface area contributed by atoms with E-state index >= 15 is 0 Å². The maximum atomic E-state index is 10.9. The highest BCUT2D eigenvalue weighted by molar-refractivity contribution is 14.1. The van der Waals surface area contributed by atoms with Crippen LogP contribution >= 0.6 is 45.2 Å². The third-order valence-electron chi connectivity index (χ3n) is 2.38. The van der Waals surface area contributed by atoms with Crippen LogP contribution < -0.4 is 0 Å². The number of carboxylic acid groups (broad SMARTS) is 1. The molecule has 82 valence electrons. The molecule has 1 N–H and O–H groups in total. The Morgan fingerprint density at radius 1 is 1.33 bits per heavy atom. The Bertz CT molecular complexity index is 364. The number of aliphatic carboxylic acids is 1. The largest absolute Gasteiger partial charge is 0.481 e. The van der Waals surface area contributed by atoms with Crippen LogP contribution in [0.25, 0.3) is 0 Å². The van der Waals surface area contributed by atoms with Crippen LogP contribution in [0.15, 0.2) is 6.33 Å². The molecule has 0 fully saturated rings. The number of carboxylic acids is 1. The molecule has 1 rings (SSSR count). The SMILES string of the molecule is CC(C(=O)O)C(C)c1c(I)ncnc1I. The van der Waals surface area contributed by atoms with Gasteiger partial charge in [0.25, 0.3) is 0 Å². The van der Waals surface area contributed by atoms with Crippen molar-refractivity contribution >= 4 is 51.2 Å². The monoisotopic (exact) mass is 432 g/mol. The van der Waals surface area contributed by atoms with Crippen molar-refractivity contribution in [3.05, 3.63) is 19.3 Å². The molecule has 2 unspecified atom stereocenters. The van der Waals surface area contributed by atoms with Gasteiger partial charge in [0.2, 0.25) is 0 Å².